The number of hydrogen-bond acceptors (Lipinski definition) is 6. The summed E-state index contributed by atoms with van der Waals surface area (Å²) in [5, 5.41) is 17.8. The Kier molecular flexibility index (Phi) is 4.37. The maximum atomic E-state index is 11.0. The van der Waals surface area contributed by atoms with E-state index in [0.717, 1.165) is 11.3 Å². The van der Waals surface area contributed by atoms with Gasteiger partial charge in [0, 0.05) is 11.6 Å². The van der Waals surface area contributed by atoms with Crippen molar-refractivity contribution in [3.05, 3.63) is 64.5 Å². The van der Waals surface area contributed by atoms with E-state index in [4.69, 9.17) is 9.47 Å². The third kappa shape index (κ3) is 3.32. The number of nitrogens with one attached hydrogen (secondary N) is 1. The van der Waals surface area contributed by atoms with E-state index in [2.05, 4.69) is 15.2 Å². The number of para-hydroxylation sites is 2. The zero-order valence-corrected chi connectivity index (χ0v) is 12.8. The second-order valence-electron chi connectivity index (χ2n) is 4.85. The molecule has 0 saturated heterocycles. The predicted molar refractivity (Wildman–Crippen MR) is 85.8 cm³/mol. The van der Waals surface area contributed by atoms with Gasteiger partial charge in [-0.25, -0.2) is 4.98 Å². The maximum absolute atomic E-state index is 11.0. The Morgan fingerprint density at radius 1 is 1.17 bits per heavy atom. The number of nitro groups is 1. The molecule has 3 aromatic rings. The van der Waals surface area contributed by atoms with Crippen LogP contribution < -0.4 is 9.47 Å². The van der Waals surface area contributed by atoms with Crippen LogP contribution in [0.5, 0.6) is 11.5 Å². The van der Waals surface area contributed by atoms with Crippen molar-refractivity contribution in [2.75, 3.05) is 7.11 Å². The molecular weight excluding hydrogens is 312 g/mol. The highest BCUT2D eigenvalue weighted by Gasteiger charge is 2.14. The Morgan fingerprint density at radius 3 is 2.62 bits per heavy atom. The van der Waals surface area contributed by atoms with E-state index in [0.29, 0.717) is 11.6 Å². The highest BCUT2D eigenvalue weighted by Crippen LogP contribution is 2.26. The van der Waals surface area contributed by atoms with Crippen molar-refractivity contribution in [3.63, 3.8) is 0 Å². The van der Waals surface area contributed by atoms with Crippen molar-refractivity contribution in [2.24, 2.45) is 0 Å². The Labute approximate surface area is 137 Å². The van der Waals surface area contributed by atoms with Crippen molar-refractivity contribution in [3.8, 4) is 22.9 Å². The van der Waals surface area contributed by atoms with Crippen molar-refractivity contribution in [1.29, 1.82) is 0 Å². The number of nitro benzene ring substituents is 1. The molecule has 0 bridgehead atoms. The molecule has 0 aliphatic rings. The molecule has 3 rings (SSSR count). The lowest BCUT2D eigenvalue weighted by atomic mass is 10.2. The summed E-state index contributed by atoms with van der Waals surface area (Å²) in [7, 11) is 1.60. The molecule has 0 aliphatic heterocycles. The molecule has 1 N–H and O–H groups in total. The summed E-state index contributed by atoms with van der Waals surface area (Å²) in [4.78, 5) is 14.8. The fourth-order valence-electron chi connectivity index (χ4n) is 2.11. The van der Waals surface area contributed by atoms with Crippen LogP contribution in [-0.4, -0.2) is 27.2 Å². The van der Waals surface area contributed by atoms with Gasteiger partial charge in [-0.1, -0.05) is 12.1 Å². The van der Waals surface area contributed by atoms with Crippen LogP contribution in [0.25, 0.3) is 11.4 Å². The van der Waals surface area contributed by atoms with Gasteiger partial charge in [-0.3, -0.25) is 15.2 Å². The molecule has 2 aromatic carbocycles. The zero-order chi connectivity index (χ0) is 16.9. The lowest BCUT2D eigenvalue weighted by Gasteiger charge is -2.04. The highest BCUT2D eigenvalue weighted by atomic mass is 16.6. The normalized spacial score (nSPS) is 10.4. The first kappa shape index (κ1) is 15.5. The number of methoxy groups -OCH3 is 1. The number of aromatic amines is 1. The summed E-state index contributed by atoms with van der Waals surface area (Å²) in [6.45, 7) is 0.0496. The largest absolute Gasteiger partial charge is 0.497 e. The summed E-state index contributed by atoms with van der Waals surface area (Å²) in [6, 6.07) is 13.5. The Bertz CT molecular complexity index is 845. The number of rotatable bonds is 6. The molecule has 0 radical (unpaired) electrons. The van der Waals surface area contributed by atoms with Crippen molar-refractivity contribution >= 4 is 5.69 Å². The topological polar surface area (TPSA) is 103 Å². The van der Waals surface area contributed by atoms with E-state index in [1.54, 1.807) is 25.3 Å². The summed E-state index contributed by atoms with van der Waals surface area (Å²) in [5.41, 5.74) is 0.733. The molecule has 24 heavy (non-hydrogen) atoms. The number of hydrogen-bond donors (Lipinski definition) is 1. The highest BCUT2D eigenvalue weighted by molar-refractivity contribution is 5.55. The number of H-pyrrole nitrogens is 1. The monoisotopic (exact) mass is 326 g/mol. The van der Waals surface area contributed by atoms with E-state index in [9.17, 15) is 10.1 Å². The molecule has 0 amide bonds. The molecule has 8 heteroatoms. The minimum Gasteiger partial charge on any atom is -0.497 e. The molecule has 1 heterocycles. The smallest absolute Gasteiger partial charge is 0.310 e. The zero-order valence-electron chi connectivity index (χ0n) is 12.8. The summed E-state index contributed by atoms with van der Waals surface area (Å²) >= 11 is 0. The molecule has 8 nitrogen and oxygen atoms in total. The third-order valence-corrected chi connectivity index (χ3v) is 3.31. The van der Waals surface area contributed by atoms with Crippen LogP contribution in [-0.2, 0) is 6.61 Å². The molecule has 122 valence electrons. The summed E-state index contributed by atoms with van der Waals surface area (Å²) in [5.74, 6) is 1.91. The predicted octanol–water partition coefficient (Wildman–Crippen LogP) is 2.97. The molecule has 0 atom stereocenters. The molecule has 0 fully saturated rings. The second-order valence-corrected chi connectivity index (χ2v) is 4.85. The Morgan fingerprint density at radius 2 is 1.92 bits per heavy atom. The van der Waals surface area contributed by atoms with Crippen LogP contribution in [0.15, 0.2) is 48.5 Å². The fourth-order valence-corrected chi connectivity index (χ4v) is 2.11. The maximum Gasteiger partial charge on any atom is 0.310 e. The molecule has 0 saturated carbocycles. The van der Waals surface area contributed by atoms with Crippen molar-refractivity contribution in [2.45, 2.75) is 6.61 Å². The quantitative estimate of drug-likeness (QED) is 0.552. The van der Waals surface area contributed by atoms with Crippen LogP contribution in [0.4, 0.5) is 5.69 Å². The standard InChI is InChI=1S/C16H14N4O4/c1-23-12-8-6-11(7-9-12)16-17-15(18-19-16)10-24-14-5-3-2-4-13(14)20(21)22/h2-9H,10H2,1H3,(H,17,18,19). The molecular formula is C16H14N4O4. The van der Waals surface area contributed by atoms with Gasteiger partial charge >= 0.3 is 5.69 Å². The van der Waals surface area contributed by atoms with Gasteiger partial charge in [-0.2, -0.15) is 5.10 Å². The fraction of sp³-hybridized carbons (Fsp3) is 0.125. The molecule has 1 aromatic heterocycles. The van der Waals surface area contributed by atoms with Gasteiger partial charge in [-0.15, -0.1) is 0 Å². The summed E-state index contributed by atoms with van der Waals surface area (Å²) in [6.07, 6.45) is 0. The number of aromatic nitrogens is 3. The lowest BCUT2D eigenvalue weighted by Crippen LogP contribution is -2.00. The van der Waals surface area contributed by atoms with Crippen molar-refractivity contribution < 1.29 is 14.4 Å². The van der Waals surface area contributed by atoms with Gasteiger partial charge in [0.05, 0.1) is 12.0 Å². The van der Waals surface area contributed by atoms with Gasteiger partial charge in [0.2, 0.25) is 0 Å². The van der Waals surface area contributed by atoms with Crippen LogP contribution >= 0.6 is 0 Å². The first-order valence-electron chi connectivity index (χ1n) is 7.09. The van der Waals surface area contributed by atoms with Crippen molar-refractivity contribution in [1.82, 2.24) is 15.2 Å². The van der Waals surface area contributed by atoms with Crippen LogP contribution in [0.2, 0.25) is 0 Å². The van der Waals surface area contributed by atoms with Gasteiger partial charge in [-0.05, 0) is 30.3 Å². The van der Waals surface area contributed by atoms with E-state index in [1.165, 1.54) is 6.07 Å². The minimum absolute atomic E-state index is 0.0496. The van der Waals surface area contributed by atoms with E-state index < -0.39 is 4.92 Å². The van der Waals surface area contributed by atoms with Crippen LogP contribution in [0.3, 0.4) is 0 Å². The van der Waals surface area contributed by atoms with Gasteiger partial charge in [0.15, 0.2) is 17.4 Å². The van der Waals surface area contributed by atoms with E-state index in [-0.39, 0.29) is 18.0 Å². The first-order valence-corrected chi connectivity index (χ1v) is 7.09. The van der Waals surface area contributed by atoms with Crippen LogP contribution in [0.1, 0.15) is 5.82 Å². The van der Waals surface area contributed by atoms with Gasteiger partial charge in [0.25, 0.3) is 0 Å². The average molecular weight is 326 g/mol. The lowest BCUT2D eigenvalue weighted by molar-refractivity contribution is -0.385. The average Bonchev–Trinajstić information content (AvgIpc) is 3.09. The molecule has 0 unspecified atom stereocenters. The first-order chi connectivity index (χ1) is 11.7. The SMILES string of the molecule is COc1ccc(-c2n[nH]c(COc3ccccc3[N+](=O)[O-])n2)cc1. The number of nitrogens with zero attached hydrogens (tertiary/aromatic N) is 3. The number of benzene rings is 2. The minimum atomic E-state index is -0.488. The number of ether oxygens (including phenoxy) is 2. The Hall–Kier alpha value is -3.42. The Balaban J connectivity index is 1.71. The third-order valence-electron chi connectivity index (χ3n) is 3.31. The second kappa shape index (κ2) is 6.78. The van der Waals surface area contributed by atoms with Gasteiger partial charge < -0.3 is 9.47 Å². The van der Waals surface area contributed by atoms with E-state index >= 15 is 0 Å². The van der Waals surface area contributed by atoms with Gasteiger partial charge in [0.1, 0.15) is 12.4 Å². The summed E-state index contributed by atoms with van der Waals surface area (Å²) < 4.78 is 10.6. The van der Waals surface area contributed by atoms with E-state index in [1.807, 2.05) is 24.3 Å². The molecule has 0 spiro atoms. The van der Waals surface area contributed by atoms with Crippen LogP contribution in [0, 0.1) is 10.1 Å². The molecule has 0 aliphatic carbocycles.